The summed E-state index contributed by atoms with van der Waals surface area (Å²) < 4.78 is 8.56. The number of aliphatic hydroxyl groups is 1. The van der Waals surface area contributed by atoms with Gasteiger partial charge < -0.3 is 9.84 Å². The van der Waals surface area contributed by atoms with Gasteiger partial charge in [-0.2, -0.15) is 0 Å². The first kappa shape index (κ1) is 14.7. The van der Waals surface area contributed by atoms with Gasteiger partial charge in [0.15, 0.2) is 6.23 Å². The van der Waals surface area contributed by atoms with E-state index in [9.17, 15) is 14.7 Å². The predicted molar refractivity (Wildman–Crippen MR) is 75.3 cm³/mol. The fraction of sp³-hybridized carbons (Fsp3) is 0.538. The quantitative estimate of drug-likeness (QED) is 0.778. The Balaban J connectivity index is 2.07. The van der Waals surface area contributed by atoms with Crippen molar-refractivity contribution in [2.24, 2.45) is 0 Å². The van der Waals surface area contributed by atoms with E-state index >= 15 is 0 Å². The van der Waals surface area contributed by atoms with Crippen LogP contribution in [-0.4, -0.2) is 41.9 Å². The fourth-order valence-electron chi connectivity index (χ4n) is 2.72. The van der Waals surface area contributed by atoms with Gasteiger partial charge in [-0.15, -0.1) is 5.10 Å². The average Bonchev–Trinajstić information content (AvgIpc) is 3.02. The van der Waals surface area contributed by atoms with Crippen molar-refractivity contribution in [2.45, 2.75) is 44.7 Å². The normalized spacial score (nSPS) is 28.1. The monoisotopic (exact) mass is 307 g/mol. The highest BCUT2D eigenvalue weighted by Crippen LogP contribution is 2.38. The van der Waals surface area contributed by atoms with Crippen LogP contribution in [0, 0.1) is 6.92 Å². The van der Waals surface area contributed by atoms with Crippen molar-refractivity contribution in [3.63, 3.8) is 0 Å². The Morgan fingerprint density at radius 1 is 1.45 bits per heavy atom. The third kappa shape index (κ3) is 2.38. The van der Waals surface area contributed by atoms with Crippen LogP contribution in [0.5, 0.6) is 0 Å². The van der Waals surface area contributed by atoms with Crippen LogP contribution in [0.25, 0.3) is 0 Å². The first-order chi connectivity index (χ1) is 10.5. The first-order valence-electron chi connectivity index (χ1n) is 7.04. The third-order valence-electron chi connectivity index (χ3n) is 3.80. The highest BCUT2D eigenvalue weighted by molar-refractivity contribution is 4.98. The van der Waals surface area contributed by atoms with Gasteiger partial charge in [0, 0.05) is 18.5 Å². The molecule has 1 saturated heterocycles. The minimum atomic E-state index is -0.838. The molecule has 0 bridgehead atoms. The summed E-state index contributed by atoms with van der Waals surface area (Å²) in [5.41, 5.74) is -0.386. The summed E-state index contributed by atoms with van der Waals surface area (Å²) in [6.07, 6.45) is 1.57. The molecule has 3 heterocycles. The van der Waals surface area contributed by atoms with Gasteiger partial charge in [0.1, 0.15) is 12.1 Å². The lowest BCUT2D eigenvalue weighted by atomic mass is 10.1. The Bertz CT molecular complexity index is 779. The molecule has 9 heteroatoms. The van der Waals surface area contributed by atoms with Gasteiger partial charge in [0.2, 0.25) is 0 Å². The molecule has 0 spiro atoms. The summed E-state index contributed by atoms with van der Waals surface area (Å²) in [6, 6.07) is 0.634. The third-order valence-corrected chi connectivity index (χ3v) is 3.80. The second-order valence-electron chi connectivity index (χ2n) is 5.31. The zero-order valence-corrected chi connectivity index (χ0v) is 12.2. The van der Waals surface area contributed by atoms with E-state index in [0.717, 1.165) is 0 Å². The molecule has 1 aliphatic rings. The van der Waals surface area contributed by atoms with Crippen LogP contribution in [0.2, 0.25) is 0 Å². The summed E-state index contributed by atoms with van der Waals surface area (Å²) in [7, 11) is 0. The number of ether oxygens (including phenoxy) is 1. The lowest BCUT2D eigenvalue weighted by molar-refractivity contribution is -0.0256. The van der Waals surface area contributed by atoms with E-state index in [2.05, 4.69) is 15.3 Å². The van der Waals surface area contributed by atoms with Crippen LogP contribution in [0.1, 0.15) is 31.3 Å². The Morgan fingerprint density at radius 2 is 2.23 bits per heavy atom. The Hall–Kier alpha value is -2.26. The number of hydrogen-bond acceptors (Lipinski definition) is 6. The van der Waals surface area contributed by atoms with Crippen molar-refractivity contribution in [1.82, 2.24) is 24.5 Å². The molecule has 9 nitrogen and oxygen atoms in total. The lowest BCUT2D eigenvalue weighted by Gasteiger charge is -2.21. The summed E-state index contributed by atoms with van der Waals surface area (Å²) in [4.78, 5) is 25.4. The zero-order chi connectivity index (χ0) is 15.9. The van der Waals surface area contributed by atoms with Crippen molar-refractivity contribution in [3.05, 3.63) is 45.0 Å². The second kappa shape index (κ2) is 5.50. The van der Waals surface area contributed by atoms with Crippen molar-refractivity contribution < 1.29 is 9.84 Å². The maximum absolute atomic E-state index is 12.0. The fourth-order valence-corrected chi connectivity index (χ4v) is 2.72. The average molecular weight is 307 g/mol. The molecular formula is C13H17N5O4. The van der Waals surface area contributed by atoms with E-state index in [1.54, 1.807) is 13.1 Å². The second-order valence-corrected chi connectivity index (χ2v) is 5.31. The molecule has 2 aromatic heterocycles. The van der Waals surface area contributed by atoms with E-state index in [1.165, 1.54) is 21.5 Å². The number of aliphatic hydroxyl groups excluding tert-OH is 1. The zero-order valence-electron chi connectivity index (χ0n) is 12.2. The lowest BCUT2D eigenvalue weighted by Crippen LogP contribution is -2.36. The molecule has 0 aliphatic carbocycles. The summed E-state index contributed by atoms with van der Waals surface area (Å²) in [6.45, 7) is 3.67. The molecule has 3 rings (SSSR count). The molecule has 22 heavy (non-hydrogen) atoms. The van der Waals surface area contributed by atoms with Crippen LogP contribution < -0.4 is 11.2 Å². The van der Waals surface area contributed by atoms with Gasteiger partial charge in [0.25, 0.3) is 5.56 Å². The number of aromatic amines is 1. The van der Waals surface area contributed by atoms with E-state index in [-0.39, 0.29) is 0 Å². The summed E-state index contributed by atoms with van der Waals surface area (Å²) in [5, 5.41) is 18.4. The van der Waals surface area contributed by atoms with Crippen LogP contribution in [0.3, 0.4) is 0 Å². The number of nitrogens with zero attached hydrogens (tertiary/aromatic N) is 4. The molecule has 118 valence electrons. The highest BCUT2D eigenvalue weighted by Gasteiger charge is 2.46. The Kier molecular flexibility index (Phi) is 3.67. The molecule has 2 aromatic rings. The van der Waals surface area contributed by atoms with E-state index in [0.29, 0.717) is 12.1 Å². The number of aromatic nitrogens is 5. The molecule has 2 N–H and O–H groups in total. The SMILES string of the molecule is CC[C@H]1O[C@@H](n2ccc(=O)[nH]c2=O)[C@@H](n2cc(C)nn2)C1O. The maximum atomic E-state index is 12.0. The van der Waals surface area contributed by atoms with Crippen LogP contribution in [-0.2, 0) is 4.74 Å². The van der Waals surface area contributed by atoms with Crippen molar-refractivity contribution >= 4 is 0 Å². The summed E-state index contributed by atoms with van der Waals surface area (Å²) >= 11 is 0. The van der Waals surface area contributed by atoms with Gasteiger partial charge in [-0.1, -0.05) is 12.1 Å². The molecule has 0 saturated carbocycles. The topological polar surface area (TPSA) is 115 Å². The summed E-state index contributed by atoms with van der Waals surface area (Å²) in [5.74, 6) is 0. The van der Waals surface area contributed by atoms with Crippen molar-refractivity contribution in [1.29, 1.82) is 0 Å². The van der Waals surface area contributed by atoms with Crippen LogP contribution >= 0.6 is 0 Å². The maximum Gasteiger partial charge on any atom is 0.330 e. The largest absolute Gasteiger partial charge is 0.388 e. The van der Waals surface area contributed by atoms with Gasteiger partial charge >= 0.3 is 5.69 Å². The number of nitrogens with one attached hydrogen (secondary N) is 1. The molecule has 0 radical (unpaired) electrons. The molecule has 1 aliphatic heterocycles. The van der Waals surface area contributed by atoms with Crippen LogP contribution in [0.15, 0.2) is 28.0 Å². The van der Waals surface area contributed by atoms with E-state index in [4.69, 9.17) is 4.74 Å². The number of H-pyrrole nitrogens is 1. The standard InChI is InChI=1S/C13H17N5O4/c1-3-8-11(20)10(18-6-7(2)15-16-18)12(22-8)17-5-4-9(19)14-13(17)21/h4-6,8,10-12,20H,3H2,1-2H3,(H,14,19,21)/t8-,10+,11?,12-/m1/s1. The Morgan fingerprint density at radius 3 is 2.82 bits per heavy atom. The van der Waals surface area contributed by atoms with Crippen LogP contribution in [0.4, 0.5) is 0 Å². The predicted octanol–water partition coefficient (Wildman–Crippen LogP) is -0.654. The molecular weight excluding hydrogens is 290 g/mol. The van der Waals surface area contributed by atoms with E-state index in [1.807, 2.05) is 6.92 Å². The van der Waals surface area contributed by atoms with Crippen molar-refractivity contribution in [3.8, 4) is 0 Å². The molecule has 4 atom stereocenters. The van der Waals surface area contributed by atoms with Gasteiger partial charge in [-0.05, 0) is 13.3 Å². The van der Waals surface area contributed by atoms with Gasteiger partial charge in [-0.25, -0.2) is 9.48 Å². The molecule has 0 aromatic carbocycles. The minimum absolute atomic E-state index is 0.432. The van der Waals surface area contributed by atoms with Gasteiger partial charge in [-0.3, -0.25) is 14.3 Å². The van der Waals surface area contributed by atoms with Crippen molar-refractivity contribution in [2.75, 3.05) is 0 Å². The first-order valence-corrected chi connectivity index (χ1v) is 7.04. The number of hydrogen-bond donors (Lipinski definition) is 2. The smallest absolute Gasteiger partial charge is 0.330 e. The highest BCUT2D eigenvalue weighted by atomic mass is 16.5. The molecule has 1 unspecified atom stereocenters. The molecule has 0 amide bonds. The van der Waals surface area contributed by atoms with Gasteiger partial charge in [0.05, 0.1) is 11.8 Å². The molecule has 1 fully saturated rings. The number of aryl methyl sites for hydroxylation is 1. The van der Waals surface area contributed by atoms with E-state index < -0.39 is 35.7 Å². The Labute approximate surface area is 125 Å². The minimum Gasteiger partial charge on any atom is -0.388 e. The number of rotatable bonds is 3.